The van der Waals surface area contributed by atoms with Gasteiger partial charge >= 0.3 is 0 Å². The van der Waals surface area contributed by atoms with Gasteiger partial charge in [0.1, 0.15) is 17.7 Å². The van der Waals surface area contributed by atoms with Crippen molar-refractivity contribution in [3.8, 4) is 0 Å². The second-order valence-electron chi connectivity index (χ2n) is 10.3. The number of amides is 2. The minimum atomic E-state index is -1.30. The number of nitrogens with zero attached hydrogens (tertiary/aromatic N) is 4. The molecule has 2 amide bonds. The van der Waals surface area contributed by atoms with Crippen LogP contribution in [0.2, 0.25) is 0 Å². The van der Waals surface area contributed by atoms with Crippen LogP contribution in [0.5, 0.6) is 0 Å². The molecule has 0 aliphatic rings. The highest BCUT2D eigenvalue weighted by Gasteiger charge is 2.21. The molecule has 0 bridgehead atoms. The monoisotopic (exact) mass is 611 g/mol. The number of rotatable bonds is 15. The highest BCUT2D eigenvalue weighted by molar-refractivity contribution is 7.99. The SMILES string of the molecule is CC(=C(CCC(S)S)CC(O)C(=O)NCCNc1cccc2c(N(C)C)cccc12)N(C=O)Cc1cnc(C)nc1N. The molecule has 3 rings (SSSR count). The van der Waals surface area contributed by atoms with Crippen LogP contribution in [0.15, 0.2) is 53.9 Å². The predicted molar refractivity (Wildman–Crippen MR) is 177 cm³/mol. The second-order valence-corrected chi connectivity index (χ2v) is 11.9. The number of benzene rings is 2. The first-order valence-corrected chi connectivity index (χ1v) is 14.8. The van der Waals surface area contributed by atoms with E-state index in [0.717, 1.165) is 27.7 Å². The van der Waals surface area contributed by atoms with Crippen LogP contribution in [0.1, 0.15) is 37.6 Å². The number of thiol groups is 2. The molecule has 12 heteroatoms. The molecule has 1 aromatic heterocycles. The van der Waals surface area contributed by atoms with Crippen LogP contribution in [-0.2, 0) is 16.1 Å². The third kappa shape index (κ3) is 9.01. The van der Waals surface area contributed by atoms with Gasteiger partial charge in [0.25, 0.3) is 0 Å². The molecule has 0 saturated carbocycles. The number of aliphatic hydroxyl groups is 1. The Morgan fingerprint density at radius 3 is 2.52 bits per heavy atom. The highest BCUT2D eigenvalue weighted by atomic mass is 32.2. The van der Waals surface area contributed by atoms with E-state index in [0.29, 0.717) is 55.2 Å². The fourth-order valence-electron chi connectivity index (χ4n) is 4.65. The van der Waals surface area contributed by atoms with Crippen LogP contribution < -0.4 is 21.3 Å². The number of carbonyl (C=O) groups is 2. The first-order valence-electron chi connectivity index (χ1n) is 13.7. The van der Waals surface area contributed by atoms with Crippen molar-refractivity contribution >= 4 is 65.5 Å². The van der Waals surface area contributed by atoms with Crippen LogP contribution in [0.3, 0.4) is 0 Å². The minimum absolute atomic E-state index is 0.0558. The molecule has 0 saturated heterocycles. The van der Waals surface area contributed by atoms with Gasteiger partial charge in [-0.3, -0.25) is 9.59 Å². The third-order valence-electron chi connectivity index (χ3n) is 7.00. The largest absolute Gasteiger partial charge is 0.383 e. The first-order chi connectivity index (χ1) is 20.0. The Balaban J connectivity index is 1.64. The molecule has 5 N–H and O–H groups in total. The average molecular weight is 612 g/mol. The Morgan fingerprint density at radius 1 is 1.14 bits per heavy atom. The van der Waals surface area contributed by atoms with Crippen molar-refractivity contribution in [2.45, 2.75) is 50.3 Å². The number of fused-ring (bicyclic) bond motifs is 1. The molecule has 0 fully saturated rings. The van der Waals surface area contributed by atoms with Crippen molar-refractivity contribution < 1.29 is 14.7 Å². The zero-order valence-corrected chi connectivity index (χ0v) is 26.3. The van der Waals surface area contributed by atoms with Gasteiger partial charge in [0.05, 0.1) is 6.54 Å². The topological polar surface area (TPSA) is 137 Å². The maximum Gasteiger partial charge on any atom is 0.249 e. The fourth-order valence-corrected chi connectivity index (χ4v) is 4.91. The van der Waals surface area contributed by atoms with E-state index < -0.39 is 12.0 Å². The molecule has 0 radical (unpaired) electrons. The number of nitrogens with one attached hydrogen (secondary N) is 2. The van der Waals surface area contributed by atoms with E-state index in [1.165, 1.54) is 4.90 Å². The molecule has 1 heterocycles. The summed E-state index contributed by atoms with van der Waals surface area (Å²) >= 11 is 8.70. The fraction of sp³-hybridized carbons (Fsp3) is 0.400. The number of carbonyl (C=O) groups excluding carboxylic acids is 2. The summed E-state index contributed by atoms with van der Waals surface area (Å²) in [5.74, 6) is 0.344. The van der Waals surface area contributed by atoms with Crippen molar-refractivity contribution in [2.24, 2.45) is 0 Å². The lowest BCUT2D eigenvalue weighted by molar-refractivity contribution is -0.129. The van der Waals surface area contributed by atoms with Crippen molar-refractivity contribution in [2.75, 3.05) is 43.1 Å². The van der Waals surface area contributed by atoms with Gasteiger partial charge in [-0.15, -0.1) is 0 Å². The zero-order valence-electron chi connectivity index (χ0n) is 24.5. The number of allylic oxidation sites excluding steroid dienone is 1. The van der Waals surface area contributed by atoms with Crippen LogP contribution in [-0.4, -0.2) is 70.2 Å². The van der Waals surface area contributed by atoms with Gasteiger partial charge in [0, 0.05) is 77.8 Å². The summed E-state index contributed by atoms with van der Waals surface area (Å²) in [6.07, 6.45) is 2.12. The molecule has 2 aromatic carbocycles. The number of nitrogens with two attached hydrogens (primary N) is 1. The van der Waals surface area contributed by atoms with E-state index in [1.54, 1.807) is 20.0 Å². The lowest BCUT2D eigenvalue weighted by Gasteiger charge is -2.24. The van der Waals surface area contributed by atoms with Gasteiger partial charge in [0.15, 0.2) is 0 Å². The molecule has 1 unspecified atom stereocenters. The lowest BCUT2D eigenvalue weighted by Crippen LogP contribution is -2.37. The maximum absolute atomic E-state index is 12.8. The van der Waals surface area contributed by atoms with Gasteiger partial charge < -0.3 is 31.3 Å². The molecular formula is C30H41N7O3S2. The second kappa shape index (κ2) is 15.7. The number of anilines is 3. The number of aliphatic hydroxyl groups excluding tert-OH is 1. The van der Waals surface area contributed by atoms with Crippen LogP contribution in [0.4, 0.5) is 17.2 Å². The van der Waals surface area contributed by atoms with Gasteiger partial charge in [-0.25, -0.2) is 9.97 Å². The van der Waals surface area contributed by atoms with Gasteiger partial charge in [0.2, 0.25) is 12.3 Å². The summed E-state index contributed by atoms with van der Waals surface area (Å²) < 4.78 is -0.196. The number of hydrogen-bond donors (Lipinski definition) is 6. The Hall–Kier alpha value is -3.48. The molecule has 0 aliphatic carbocycles. The standard InChI is InChI=1S/C30H41N7O3S2/c1-19(37(18-38)17-22-16-34-20(2)35-29(22)31)21(11-12-28(41)42)15-27(39)30(40)33-14-13-32-25-9-5-8-24-23(25)7-6-10-26(24)36(3)4/h5-10,16,18,27-28,32,39,41-42H,11-15,17H2,1-4H3,(H,33,40)(H2,31,34,35). The Bertz CT molecular complexity index is 1410. The van der Waals surface area contributed by atoms with Gasteiger partial charge in [-0.1, -0.05) is 24.3 Å². The summed E-state index contributed by atoms with van der Waals surface area (Å²) in [4.78, 5) is 36.8. The first kappa shape index (κ1) is 33.0. The summed E-state index contributed by atoms with van der Waals surface area (Å²) in [6, 6.07) is 12.2. The zero-order chi connectivity index (χ0) is 30.8. The summed E-state index contributed by atoms with van der Waals surface area (Å²) in [5, 5.41) is 19.2. The minimum Gasteiger partial charge on any atom is -0.383 e. The van der Waals surface area contributed by atoms with E-state index in [4.69, 9.17) is 5.73 Å². The molecule has 42 heavy (non-hydrogen) atoms. The van der Waals surface area contributed by atoms with Crippen LogP contribution in [0, 0.1) is 6.92 Å². The van der Waals surface area contributed by atoms with E-state index in [2.05, 4.69) is 69.0 Å². The van der Waals surface area contributed by atoms with E-state index in [9.17, 15) is 14.7 Å². The number of aromatic nitrogens is 2. The Kier molecular flexibility index (Phi) is 12.3. The van der Waals surface area contributed by atoms with E-state index in [-0.39, 0.29) is 17.5 Å². The summed E-state index contributed by atoms with van der Waals surface area (Å²) in [5.41, 5.74) is 10.1. The smallest absolute Gasteiger partial charge is 0.249 e. The normalized spacial score (nSPS) is 12.6. The molecule has 0 aliphatic heterocycles. The van der Waals surface area contributed by atoms with Crippen LogP contribution in [0.25, 0.3) is 10.8 Å². The van der Waals surface area contributed by atoms with Crippen LogP contribution >= 0.6 is 25.3 Å². The maximum atomic E-state index is 12.8. The molecule has 3 aromatic rings. The Labute approximate surface area is 258 Å². The van der Waals surface area contributed by atoms with Gasteiger partial charge in [-0.05, 0) is 44.4 Å². The van der Waals surface area contributed by atoms with Crippen molar-refractivity contribution in [1.29, 1.82) is 0 Å². The molecule has 226 valence electrons. The predicted octanol–water partition coefficient (Wildman–Crippen LogP) is 3.76. The lowest BCUT2D eigenvalue weighted by atomic mass is 10.00. The van der Waals surface area contributed by atoms with E-state index in [1.807, 2.05) is 32.3 Å². The highest BCUT2D eigenvalue weighted by Crippen LogP contribution is 2.30. The number of hydrogen-bond acceptors (Lipinski definition) is 10. The molecule has 0 spiro atoms. The van der Waals surface area contributed by atoms with E-state index >= 15 is 0 Å². The summed E-state index contributed by atoms with van der Waals surface area (Å²) in [6.45, 7) is 4.47. The van der Waals surface area contributed by atoms with Crippen molar-refractivity contribution in [3.05, 3.63) is 65.3 Å². The molecule has 1 atom stereocenters. The number of nitrogen functional groups attached to an aromatic ring is 1. The summed E-state index contributed by atoms with van der Waals surface area (Å²) in [7, 11) is 4.02. The van der Waals surface area contributed by atoms with Crippen molar-refractivity contribution in [1.82, 2.24) is 20.2 Å². The molecule has 10 nitrogen and oxygen atoms in total. The third-order valence-corrected chi connectivity index (χ3v) is 7.51. The van der Waals surface area contributed by atoms with Gasteiger partial charge in [-0.2, -0.15) is 25.3 Å². The van der Waals surface area contributed by atoms with Crippen molar-refractivity contribution in [3.63, 3.8) is 0 Å². The average Bonchev–Trinajstić information content (AvgIpc) is 2.96. The Morgan fingerprint density at radius 2 is 1.86 bits per heavy atom. The number of aryl methyl sites for hydroxylation is 1. The molecular weight excluding hydrogens is 571 g/mol. The quantitative estimate of drug-likeness (QED) is 0.0662.